The number of ether oxygens (including phenoxy) is 1. The van der Waals surface area contributed by atoms with Crippen LogP contribution < -0.4 is 5.32 Å². The summed E-state index contributed by atoms with van der Waals surface area (Å²) in [5.74, 6) is -2.07. The Labute approximate surface area is 121 Å². The largest absolute Gasteiger partial charge is 0.478 e. The van der Waals surface area contributed by atoms with E-state index >= 15 is 0 Å². The molecule has 0 aromatic heterocycles. The molecule has 2 amide bonds. The number of amides is 2. The molecule has 0 saturated carbocycles. The molecule has 1 fully saturated rings. The molecule has 1 atom stereocenters. The summed E-state index contributed by atoms with van der Waals surface area (Å²) in [6.45, 7) is 3.26. The van der Waals surface area contributed by atoms with Crippen molar-refractivity contribution in [3.8, 4) is 0 Å². The van der Waals surface area contributed by atoms with Crippen molar-refractivity contribution >= 4 is 17.7 Å². The highest BCUT2D eigenvalue weighted by Crippen LogP contribution is 2.20. The number of carboxylic acids is 1. The number of carboxylic acid groups (broad SMARTS) is 1. The van der Waals surface area contributed by atoms with Crippen LogP contribution in [-0.4, -0.2) is 47.8 Å². The lowest BCUT2D eigenvalue weighted by atomic mass is 10.1. The number of nitrogens with one attached hydrogen (secondary N) is 1. The van der Waals surface area contributed by atoms with E-state index in [-0.39, 0.29) is 17.4 Å². The summed E-state index contributed by atoms with van der Waals surface area (Å²) >= 11 is 0. The molecule has 21 heavy (non-hydrogen) atoms. The lowest BCUT2D eigenvalue weighted by Crippen LogP contribution is -2.39. The van der Waals surface area contributed by atoms with E-state index in [1.165, 1.54) is 17.0 Å². The zero-order valence-electron chi connectivity index (χ0n) is 11.6. The van der Waals surface area contributed by atoms with Gasteiger partial charge in [0.1, 0.15) is 5.82 Å². The molecule has 6 nitrogen and oxygen atoms in total. The number of hydrogen-bond acceptors (Lipinski definition) is 3. The van der Waals surface area contributed by atoms with Crippen LogP contribution in [0.3, 0.4) is 0 Å². The molecule has 1 aliphatic heterocycles. The summed E-state index contributed by atoms with van der Waals surface area (Å²) in [4.78, 5) is 24.8. The molecule has 0 bridgehead atoms. The highest BCUT2D eigenvalue weighted by Gasteiger charge is 2.23. The summed E-state index contributed by atoms with van der Waals surface area (Å²) in [7, 11) is 0. The number of anilines is 1. The van der Waals surface area contributed by atoms with Crippen LogP contribution in [0.1, 0.15) is 23.7 Å². The molecule has 1 heterocycles. The lowest BCUT2D eigenvalue weighted by molar-refractivity contribution is 0.0696. The number of hydrogen-bond donors (Lipinski definition) is 2. The third-order valence-corrected chi connectivity index (χ3v) is 3.22. The highest BCUT2D eigenvalue weighted by molar-refractivity contribution is 6.00. The van der Waals surface area contributed by atoms with E-state index in [1.54, 1.807) is 0 Å². The van der Waals surface area contributed by atoms with Gasteiger partial charge >= 0.3 is 12.0 Å². The van der Waals surface area contributed by atoms with Gasteiger partial charge in [0.25, 0.3) is 0 Å². The van der Waals surface area contributed by atoms with Crippen molar-refractivity contribution in [1.29, 1.82) is 0 Å². The second-order valence-electron chi connectivity index (χ2n) is 4.88. The maximum absolute atomic E-state index is 13.8. The maximum atomic E-state index is 13.8. The molecule has 1 aromatic rings. The summed E-state index contributed by atoms with van der Waals surface area (Å²) in [5.41, 5.74) is -0.588. The van der Waals surface area contributed by atoms with Crippen molar-refractivity contribution in [3.05, 3.63) is 29.6 Å². The zero-order chi connectivity index (χ0) is 15.4. The molecule has 0 spiro atoms. The predicted molar refractivity (Wildman–Crippen MR) is 74.0 cm³/mol. The van der Waals surface area contributed by atoms with Gasteiger partial charge < -0.3 is 20.1 Å². The number of halogens is 1. The Morgan fingerprint density at radius 1 is 1.48 bits per heavy atom. The predicted octanol–water partition coefficient (Wildman–Crippen LogP) is 2.17. The Hall–Kier alpha value is -2.15. The monoisotopic (exact) mass is 296 g/mol. The minimum Gasteiger partial charge on any atom is -0.478 e. The van der Waals surface area contributed by atoms with Crippen molar-refractivity contribution < 1.29 is 23.8 Å². The second-order valence-corrected chi connectivity index (χ2v) is 4.88. The molecule has 1 saturated heterocycles. The molecule has 0 aliphatic carbocycles. The second kappa shape index (κ2) is 6.53. The molecule has 2 N–H and O–H groups in total. The average molecular weight is 296 g/mol. The van der Waals surface area contributed by atoms with Crippen LogP contribution in [0.2, 0.25) is 0 Å². The molecule has 1 unspecified atom stereocenters. The van der Waals surface area contributed by atoms with E-state index in [4.69, 9.17) is 9.84 Å². The summed E-state index contributed by atoms with van der Waals surface area (Å²) < 4.78 is 19.2. The van der Waals surface area contributed by atoms with E-state index in [0.717, 1.165) is 6.07 Å². The quantitative estimate of drug-likeness (QED) is 0.876. The van der Waals surface area contributed by atoms with Crippen molar-refractivity contribution in [1.82, 2.24) is 4.90 Å². The summed E-state index contributed by atoms with van der Waals surface area (Å²) in [6, 6.07) is 3.11. The van der Waals surface area contributed by atoms with Crippen LogP contribution in [0.4, 0.5) is 14.9 Å². The Bertz CT molecular complexity index is 550. The summed E-state index contributed by atoms with van der Waals surface area (Å²) in [5, 5.41) is 11.4. The third-order valence-electron chi connectivity index (χ3n) is 3.22. The van der Waals surface area contributed by atoms with Gasteiger partial charge in [-0.2, -0.15) is 0 Å². The molecular weight excluding hydrogens is 279 g/mol. The van der Waals surface area contributed by atoms with E-state index < -0.39 is 17.8 Å². The first-order valence-corrected chi connectivity index (χ1v) is 6.68. The Morgan fingerprint density at radius 2 is 2.24 bits per heavy atom. The van der Waals surface area contributed by atoms with Gasteiger partial charge in [-0.3, -0.25) is 0 Å². The zero-order valence-corrected chi connectivity index (χ0v) is 11.6. The van der Waals surface area contributed by atoms with Crippen LogP contribution in [0.25, 0.3) is 0 Å². The number of rotatable bonds is 2. The Kier molecular flexibility index (Phi) is 4.74. The SMILES string of the molecule is CC1CN(C(=O)Nc2c(F)cccc2C(=O)O)CCCO1. The van der Waals surface area contributed by atoms with E-state index in [1.807, 2.05) is 6.92 Å². The minimum atomic E-state index is -1.29. The molecule has 1 aliphatic rings. The van der Waals surface area contributed by atoms with Crippen LogP contribution in [-0.2, 0) is 4.74 Å². The van der Waals surface area contributed by atoms with Gasteiger partial charge in [0.2, 0.25) is 0 Å². The van der Waals surface area contributed by atoms with Gasteiger partial charge in [0.15, 0.2) is 0 Å². The fraction of sp³-hybridized carbons (Fsp3) is 0.429. The molecule has 7 heteroatoms. The minimum absolute atomic E-state index is 0.113. The smallest absolute Gasteiger partial charge is 0.337 e. The highest BCUT2D eigenvalue weighted by atomic mass is 19.1. The van der Waals surface area contributed by atoms with Crippen molar-refractivity contribution in [2.75, 3.05) is 25.0 Å². The Balaban J connectivity index is 2.17. The first-order chi connectivity index (χ1) is 9.99. The van der Waals surface area contributed by atoms with Gasteiger partial charge in [0.05, 0.1) is 17.4 Å². The molecule has 2 rings (SSSR count). The standard InChI is InChI=1S/C14H17FN2O4/c1-9-8-17(6-3-7-21-9)14(20)16-12-10(13(18)19)4-2-5-11(12)15/h2,4-5,9H,3,6-8H2,1H3,(H,16,20)(H,18,19). The lowest BCUT2D eigenvalue weighted by Gasteiger charge is -2.23. The number of urea groups is 1. The number of carbonyl (C=O) groups excluding carboxylic acids is 1. The topological polar surface area (TPSA) is 78.9 Å². The van der Waals surface area contributed by atoms with Gasteiger partial charge in [-0.15, -0.1) is 0 Å². The van der Waals surface area contributed by atoms with Crippen LogP contribution in [0.15, 0.2) is 18.2 Å². The number of nitrogens with zero attached hydrogens (tertiary/aromatic N) is 1. The number of aromatic carboxylic acids is 1. The fourth-order valence-electron chi connectivity index (χ4n) is 2.19. The molecular formula is C14H17FN2O4. The van der Waals surface area contributed by atoms with E-state index in [2.05, 4.69) is 5.32 Å². The fourth-order valence-corrected chi connectivity index (χ4v) is 2.19. The first-order valence-electron chi connectivity index (χ1n) is 6.68. The van der Waals surface area contributed by atoms with Crippen molar-refractivity contribution in [2.24, 2.45) is 0 Å². The van der Waals surface area contributed by atoms with Gasteiger partial charge in [-0.05, 0) is 25.5 Å². The normalized spacial score (nSPS) is 19.0. The first kappa shape index (κ1) is 15.2. The van der Waals surface area contributed by atoms with Gasteiger partial charge in [0, 0.05) is 19.7 Å². The number of para-hydroxylation sites is 1. The molecule has 0 radical (unpaired) electrons. The maximum Gasteiger partial charge on any atom is 0.337 e. The van der Waals surface area contributed by atoms with Gasteiger partial charge in [-0.1, -0.05) is 6.07 Å². The van der Waals surface area contributed by atoms with Gasteiger partial charge in [-0.25, -0.2) is 14.0 Å². The molecule has 1 aromatic carbocycles. The van der Waals surface area contributed by atoms with E-state index in [0.29, 0.717) is 26.1 Å². The molecule has 114 valence electrons. The van der Waals surface area contributed by atoms with Crippen molar-refractivity contribution in [2.45, 2.75) is 19.4 Å². The van der Waals surface area contributed by atoms with Crippen LogP contribution in [0.5, 0.6) is 0 Å². The van der Waals surface area contributed by atoms with Crippen LogP contribution >= 0.6 is 0 Å². The third kappa shape index (κ3) is 3.69. The number of benzene rings is 1. The Morgan fingerprint density at radius 3 is 2.95 bits per heavy atom. The van der Waals surface area contributed by atoms with Crippen molar-refractivity contribution in [3.63, 3.8) is 0 Å². The van der Waals surface area contributed by atoms with E-state index in [9.17, 15) is 14.0 Å². The van der Waals surface area contributed by atoms with Crippen LogP contribution in [0, 0.1) is 5.82 Å². The average Bonchev–Trinajstić information content (AvgIpc) is 2.65. The summed E-state index contributed by atoms with van der Waals surface area (Å²) in [6.07, 6.45) is 0.568. The number of carbonyl (C=O) groups is 2.